The molecule has 0 spiro atoms. The number of hydrogen-bond acceptors (Lipinski definition) is 2. The molecule has 0 saturated heterocycles. The summed E-state index contributed by atoms with van der Waals surface area (Å²) in [6.45, 7) is 2.28. The summed E-state index contributed by atoms with van der Waals surface area (Å²) in [4.78, 5) is 2.34. The minimum atomic E-state index is 0.596. The smallest absolute Gasteiger partial charge is 0.101 e. The van der Waals surface area contributed by atoms with Gasteiger partial charge < -0.3 is 4.90 Å². The second-order valence-corrected chi connectivity index (χ2v) is 5.26. The molecule has 1 fully saturated rings. The first kappa shape index (κ1) is 13.0. The van der Waals surface area contributed by atoms with E-state index in [-0.39, 0.29) is 0 Å². The lowest BCUT2D eigenvalue weighted by atomic mass is 9.82. The zero-order valence-electron chi connectivity index (χ0n) is 11.4. The van der Waals surface area contributed by atoms with Gasteiger partial charge in [-0.1, -0.05) is 38.3 Å². The molecule has 1 aliphatic carbocycles. The van der Waals surface area contributed by atoms with E-state index in [9.17, 15) is 5.26 Å². The molecular formula is C16H22N2. The van der Waals surface area contributed by atoms with Crippen molar-refractivity contribution in [2.24, 2.45) is 5.92 Å². The van der Waals surface area contributed by atoms with E-state index in [0.717, 1.165) is 17.2 Å². The Kier molecular flexibility index (Phi) is 4.25. The van der Waals surface area contributed by atoms with Gasteiger partial charge in [-0.3, -0.25) is 0 Å². The van der Waals surface area contributed by atoms with Crippen LogP contribution >= 0.6 is 0 Å². The average Bonchev–Trinajstić information content (AvgIpc) is 2.46. The molecule has 2 atom stereocenters. The molecular weight excluding hydrogens is 220 g/mol. The van der Waals surface area contributed by atoms with Gasteiger partial charge in [0.15, 0.2) is 0 Å². The first-order valence-corrected chi connectivity index (χ1v) is 7.00. The summed E-state index contributed by atoms with van der Waals surface area (Å²) in [5.74, 6) is 0.774. The highest BCUT2D eigenvalue weighted by atomic mass is 15.1. The van der Waals surface area contributed by atoms with Crippen molar-refractivity contribution in [3.05, 3.63) is 29.8 Å². The molecule has 0 aliphatic heterocycles. The van der Waals surface area contributed by atoms with Crippen LogP contribution in [0.3, 0.4) is 0 Å². The standard InChI is InChI=1S/C16H22N2/c1-3-13-8-4-6-10-15(13)18(2)16-11-7-5-9-14(16)12-17/h5,7,9,11,13,15H,3-4,6,8,10H2,1-2H3. The Balaban J connectivity index is 2.24. The van der Waals surface area contributed by atoms with E-state index in [0.29, 0.717) is 6.04 Å². The van der Waals surface area contributed by atoms with Gasteiger partial charge in [0, 0.05) is 13.1 Å². The van der Waals surface area contributed by atoms with Crippen LogP contribution in [0.1, 0.15) is 44.6 Å². The van der Waals surface area contributed by atoms with Crippen LogP contribution in [0.2, 0.25) is 0 Å². The minimum Gasteiger partial charge on any atom is -0.370 e. The number of anilines is 1. The van der Waals surface area contributed by atoms with Gasteiger partial charge in [0.1, 0.15) is 6.07 Å². The van der Waals surface area contributed by atoms with Crippen molar-refractivity contribution in [1.82, 2.24) is 0 Å². The maximum absolute atomic E-state index is 9.21. The number of hydrogen-bond donors (Lipinski definition) is 0. The molecule has 1 aliphatic rings. The SMILES string of the molecule is CCC1CCCCC1N(C)c1ccccc1C#N. The lowest BCUT2D eigenvalue weighted by Crippen LogP contribution is -2.40. The summed E-state index contributed by atoms with van der Waals surface area (Å²) in [5, 5.41) is 9.21. The van der Waals surface area contributed by atoms with E-state index < -0.39 is 0 Å². The van der Waals surface area contributed by atoms with E-state index in [2.05, 4.69) is 31.0 Å². The second-order valence-electron chi connectivity index (χ2n) is 5.26. The molecule has 1 aromatic rings. The highest BCUT2D eigenvalue weighted by molar-refractivity contribution is 5.59. The van der Waals surface area contributed by atoms with E-state index in [1.165, 1.54) is 32.1 Å². The maximum Gasteiger partial charge on any atom is 0.101 e. The third-order valence-electron chi connectivity index (χ3n) is 4.30. The number of para-hydroxylation sites is 1. The van der Waals surface area contributed by atoms with Crippen LogP contribution in [0.25, 0.3) is 0 Å². The zero-order valence-corrected chi connectivity index (χ0v) is 11.4. The van der Waals surface area contributed by atoms with Gasteiger partial charge in [-0.15, -0.1) is 0 Å². The van der Waals surface area contributed by atoms with Gasteiger partial charge in [-0.2, -0.15) is 5.26 Å². The van der Waals surface area contributed by atoms with E-state index in [1.54, 1.807) is 0 Å². The van der Waals surface area contributed by atoms with Crippen LogP contribution in [0.4, 0.5) is 5.69 Å². The third-order valence-corrected chi connectivity index (χ3v) is 4.30. The fourth-order valence-electron chi connectivity index (χ4n) is 3.23. The van der Waals surface area contributed by atoms with Gasteiger partial charge in [0.05, 0.1) is 11.3 Å². The zero-order chi connectivity index (χ0) is 13.0. The molecule has 96 valence electrons. The first-order chi connectivity index (χ1) is 8.77. The number of nitriles is 1. The Hall–Kier alpha value is -1.49. The molecule has 1 saturated carbocycles. The predicted octanol–water partition coefficient (Wildman–Crippen LogP) is 3.96. The molecule has 0 aromatic heterocycles. The third kappa shape index (κ3) is 2.51. The fourth-order valence-corrected chi connectivity index (χ4v) is 3.23. The number of nitrogens with zero attached hydrogens (tertiary/aromatic N) is 2. The number of benzene rings is 1. The molecule has 2 nitrogen and oxygen atoms in total. The summed E-state index contributed by atoms with van der Waals surface area (Å²) in [6.07, 6.45) is 6.52. The molecule has 2 unspecified atom stereocenters. The Morgan fingerprint density at radius 2 is 2.00 bits per heavy atom. The van der Waals surface area contributed by atoms with E-state index >= 15 is 0 Å². The highest BCUT2D eigenvalue weighted by Crippen LogP contribution is 2.33. The average molecular weight is 242 g/mol. The van der Waals surface area contributed by atoms with Crippen molar-refractivity contribution in [2.45, 2.75) is 45.1 Å². The Bertz CT molecular complexity index is 433. The minimum absolute atomic E-state index is 0.596. The van der Waals surface area contributed by atoms with Crippen molar-refractivity contribution in [3.63, 3.8) is 0 Å². The van der Waals surface area contributed by atoms with Crippen LogP contribution < -0.4 is 4.90 Å². The molecule has 0 heterocycles. The van der Waals surface area contributed by atoms with Crippen molar-refractivity contribution in [2.75, 3.05) is 11.9 Å². The van der Waals surface area contributed by atoms with Crippen molar-refractivity contribution in [3.8, 4) is 6.07 Å². The van der Waals surface area contributed by atoms with Crippen LogP contribution in [-0.4, -0.2) is 13.1 Å². The predicted molar refractivity (Wildman–Crippen MR) is 75.6 cm³/mol. The quantitative estimate of drug-likeness (QED) is 0.802. The van der Waals surface area contributed by atoms with Crippen molar-refractivity contribution in [1.29, 1.82) is 5.26 Å². The highest BCUT2D eigenvalue weighted by Gasteiger charge is 2.27. The summed E-state index contributed by atoms with van der Waals surface area (Å²) in [5.41, 5.74) is 1.88. The van der Waals surface area contributed by atoms with Gasteiger partial charge in [0.2, 0.25) is 0 Å². The first-order valence-electron chi connectivity index (χ1n) is 7.00. The van der Waals surface area contributed by atoms with Crippen LogP contribution in [0, 0.1) is 17.2 Å². The van der Waals surface area contributed by atoms with Gasteiger partial charge in [-0.05, 0) is 30.9 Å². The monoisotopic (exact) mass is 242 g/mol. The topological polar surface area (TPSA) is 27.0 Å². The second kappa shape index (κ2) is 5.91. The molecule has 0 radical (unpaired) electrons. The summed E-state index contributed by atoms with van der Waals surface area (Å²) in [7, 11) is 2.15. The molecule has 1 aromatic carbocycles. The van der Waals surface area contributed by atoms with Crippen LogP contribution in [0.5, 0.6) is 0 Å². The fraction of sp³-hybridized carbons (Fsp3) is 0.562. The van der Waals surface area contributed by atoms with Crippen LogP contribution in [0.15, 0.2) is 24.3 Å². The summed E-state index contributed by atoms with van der Waals surface area (Å²) in [6, 6.07) is 10.8. The number of rotatable bonds is 3. The summed E-state index contributed by atoms with van der Waals surface area (Å²) >= 11 is 0. The molecule has 2 heteroatoms. The van der Waals surface area contributed by atoms with Crippen LogP contribution in [-0.2, 0) is 0 Å². The maximum atomic E-state index is 9.21. The molecule has 0 amide bonds. The lowest BCUT2D eigenvalue weighted by Gasteiger charge is -2.39. The van der Waals surface area contributed by atoms with E-state index in [1.807, 2.05) is 18.2 Å². The van der Waals surface area contributed by atoms with Crippen molar-refractivity contribution < 1.29 is 0 Å². The Morgan fingerprint density at radius 3 is 2.72 bits per heavy atom. The van der Waals surface area contributed by atoms with Crippen molar-refractivity contribution >= 4 is 5.69 Å². The summed E-state index contributed by atoms with van der Waals surface area (Å²) < 4.78 is 0. The Morgan fingerprint density at radius 1 is 1.28 bits per heavy atom. The van der Waals surface area contributed by atoms with Gasteiger partial charge in [-0.25, -0.2) is 0 Å². The molecule has 18 heavy (non-hydrogen) atoms. The van der Waals surface area contributed by atoms with Gasteiger partial charge >= 0.3 is 0 Å². The molecule has 2 rings (SSSR count). The van der Waals surface area contributed by atoms with Gasteiger partial charge in [0.25, 0.3) is 0 Å². The van der Waals surface area contributed by atoms with E-state index in [4.69, 9.17) is 0 Å². The Labute approximate surface area is 110 Å². The lowest BCUT2D eigenvalue weighted by molar-refractivity contribution is 0.292. The normalized spacial score (nSPS) is 23.4. The molecule has 0 bridgehead atoms. The largest absolute Gasteiger partial charge is 0.370 e. The molecule has 0 N–H and O–H groups in total.